The highest BCUT2D eigenvalue weighted by Gasteiger charge is 2.15. The first kappa shape index (κ1) is 15.4. The zero-order valence-corrected chi connectivity index (χ0v) is 14.1. The van der Waals surface area contributed by atoms with Crippen molar-refractivity contribution in [1.82, 2.24) is 14.5 Å². The van der Waals surface area contributed by atoms with Crippen LogP contribution in [0.15, 0.2) is 71.9 Å². The second kappa shape index (κ2) is 6.40. The number of aromatic amines is 1. The van der Waals surface area contributed by atoms with Crippen LogP contribution in [-0.2, 0) is 6.42 Å². The average molecular weight is 329 g/mol. The van der Waals surface area contributed by atoms with Crippen molar-refractivity contribution in [2.45, 2.75) is 19.8 Å². The van der Waals surface area contributed by atoms with Gasteiger partial charge in [-0.2, -0.15) is 0 Å². The summed E-state index contributed by atoms with van der Waals surface area (Å²) in [4.78, 5) is 19.7. The summed E-state index contributed by atoms with van der Waals surface area (Å²) < 4.78 is 1.98. The van der Waals surface area contributed by atoms with Crippen LogP contribution in [0.2, 0.25) is 0 Å². The monoisotopic (exact) mass is 329 g/mol. The molecule has 0 amide bonds. The van der Waals surface area contributed by atoms with Crippen LogP contribution in [0.1, 0.15) is 18.9 Å². The third kappa shape index (κ3) is 2.76. The number of nitrogens with one attached hydrogen (secondary N) is 1. The van der Waals surface area contributed by atoms with E-state index in [1.54, 1.807) is 0 Å². The van der Waals surface area contributed by atoms with Crippen LogP contribution >= 0.6 is 0 Å². The summed E-state index contributed by atoms with van der Waals surface area (Å²) in [6.45, 7) is 2.17. The Balaban J connectivity index is 1.99. The quantitative estimate of drug-likeness (QED) is 0.606. The summed E-state index contributed by atoms with van der Waals surface area (Å²) in [7, 11) is 0. The van der Waals surface area contributed by atoms with Crippen molar-refractivity contribution in [3.63, 3.8) is 0 Å². The van der Waals surface area contributed by atoms with E-state index >= 15 is 0 Å². The lowest BCUT2D eigenvalue weighted by molar-refractivity contribution is 0.922. The van der Waals surface area contributed by atoms with Gasteiger partial charge in [-0.15, -0.1) is 0 Å². The van der Waals surface area contributed by atoms with Gasteiger partial charge in [-0.25, -0.2) is 4.98 Å². The molecule has 0 aliphatic carbocycles. The third-order valence-corrected chi connectivity index (χ3v) is 4.40. The Bertz CT molecular complexity index is 1080. The van der Waals surface area contributed by atoms with E-state index in [0.29, 0.717) is 11.0 Å². The van der Waals surface area contributed by atoms with Gasteiger partial charge in [0.25, 0.3) is 5.56 Å². The molecular weight excluding hydrogens is 310 g/mol. The number of benzene rings is 2. The number of aryl methyl sites for hydroxylation is 1. The van der Waals surface area contributed by atoms with Gasteiger partial charge in [0.15, 0.2) is 5.65 Å². The lowest BCUT2D eigenvalue weighted by Crippen LogP contribution is -2.07. The highest BCUT2D eigenvalue weighted by molar-refractivity contribution is 5.94. The molecule has 0 fully saturated rings. The van der Waals surface area contributed by atoms with E-state index < -0.39 is 0 Å². The fourth-order valence-corrected chi connectivity index (χ4v) is 3.26. The highest BCUT2D eigenvalue weighted by atomic mass is 16.1. The summed E-state index contributed by atoms with van der Waals surface area (Å²) in [5.41, 5.74) is 4.78. The molecule has 4 nitrogen and oxygen atoms in total. The smallest absolute Gasteiger partial charge is 0.260 e. The lowest BCUT2D eigenvalue weighted by Gasteiger charge is -2.04. The van der Waals surface area contributed by atoms with Crippen LogP contribution in [0.3, 0.4) is 0 Å². The molecule has 0 spiro atoms. The van der Waals surface area contributed by atoms with E-state index in [0.717, 1.165) is 29.7 Å². The van der Waals surface area contributed by atoms with Crippen LogP contribution < -0.4 is 5.56 Å². The number of hydrogen-bond donors (Lipinski definition) is 1. The van der Waals surface area contributed by atoms with Crippen LogP contribution in [-0.4, -0.2) is 14.5 Å². The molecule has 0 bridgehead atoms. The largest absolute Gasteiger partial charge is 0.312 e. The van der Waals surface area contributed by atoms with Crippen molar-refractivity contribution < 1.29 is 0 Å². The van der Waals surface area contributed by atoms with Gasteiger partial charge in [0, 0.05) is 17.4 Å². The van der Waals surface area contributed by atoms with Crippen molar-refractivity contribution in [1.29, 1.82) is 0 Å². The first-order valence-electron chi connectivity index (χ1n) is 8.51. The van der Waals surface area contributed by atoms with Crippen LogP contribution in [0.4, 0.5) is 0 Å². The number of fused-ring (bicyclic) bond motifs is 1. The van der Waals surface area contributed by atoms with E-state index in [1.165, 1.54) is 11.9 Å². The second-order valence-corrected chi connectivity index (χ2v) is 6.13. The molecule has 0 radical (unpaired) electrons. The Kier molecular flexibility index (Phi) is 3.94. The lowest BCUT2D eigenvalue weighted by atomic mass is 10.0. The maximum absolute atomic E-state index is 12.5. The molecular formula is C21H19N3O. The molecule has 0 saturated carbocycles. The van der Waals surface area contributed by atoms with E-state index in [2.05, 4.69) is 41.2 Å². The molecule has 0 unspecified atom stereocenters. The maximum Gasteiger partial charge on any atom is 0.260 e. The summed E-state index contributed by atoms with van der Waals surface area (Å²) in [5.74, 6) is 0. The zero-order chi connectivity index (χ0) is 17.2. The molecule has 2 heterocycles. The molecule has 124 valence electrons. The molecule has 0 saturated heterocycles. The van der Waals surface area contributed by atoms with Crippen LogP contribution in [0, 0.1) is 0 Å². The summed E-state index contributed by atoms with van der Waals surface area (Å²) in [5, 5.41) is 0.625. The Labute approximate surface area is 145 Å². The normalized spacial score (nSPS) is 11.1. The Morgan fingerprint density at radius 3 is 2.72 bits per heavy atom. The van der Waals surface area contributed by atoms with E-state index in [9.17, 15) is 4.79 Å². The third-order valence-electron chi connectivity index (χ3n) is 4.40. The SMILES string of the molecule is CCCc1cccc(-c2cn(-c3ccccc3)c3nc[nH]c(=O)c23)c1. The molecule has 2 aromatic heterocycles. The van der Waals surface area contributed by atoms with Gasteiger partial charge in [0.2, 0.25) is 0 Å². The van der Waals surface area contributed by atoms with E-state index in [-0.39, 0.29) is 5.56 Å². The van der Waals surface area contributed by atoms with Gasteiger partial charge in [0.05, 0.1) is 11.7 Å². The van der Waals surface area contributed by atoms with Crippen LogP contribution in [0.25, 0.3) is 27.8 Å². The fourth-order valence-electron chi connectivity index (χ4n) is 3.26. The first-order valence-corrected chi connectivity index (χ1v) is 8.51. The van der Waals surface area contributed by atoms with Crippen molar-refractivity contribution in [3.8, 4) is 16.8 Å². The molecule has 1 N–H and O–H groups in total. The van der Waals surface area contributed by atoms with Gasteiger partial charge in [-0.3, -0.25) is 4.79 Å². The average Bonchev–Trinajstić information content (AvgIpc) is 3.04. The Hall–Kier alpha value is -3.14. The highest BCUT2D eigenvalue weighted by Crippen LogP contribution is 2.30. The number of hydrogen-bond acceptors (Lipinski definition) is 2. The molecule has 0 atom stereocenters. The maximum atomic E-state index is 12.5. The molecule has 4 aromatic rings. The summed E-state index contributed by atoms with van der Waals surface area (Å²) >= 11 is 0. The minimum atomic E-state index is -0.115. The van der Waals surface area contributed by atoms with Crippen molar-refractivity contribution >= 4 is 11.0 Å². The van der Waals surface area contributed by atoms with Gasteiger partial charge in [-0.05, 0) is 29.7 Å². The number of para-hydroxylation sites is 1. The van der Waals surface area contributed by atoms with E-state index in [1.807, 2.05) is 41.1 Å². The molecule has 4 rings (SSSR count). The van der Waals surface area contributed by atoms with Gasteiger partial charge in [-0.1, -0.05) is 55.8 Å². The zero-order valence-electron chi connectivity index (χ0n) is 14.1. The minimum absolute atomic E-state index is 0.115. The number of nitrogens with zero attached hydrogens (tertiary/aromatic N) is 2. The van der Waals surface area contributed by atoms with Gasteiger partial charge < -0.3 is 9.55 Å². The van der Waals surface area contributed by atoms with Crippen molar-refractivity contribution in [2.75, 3.05) is 0 Å². The van der Waals surface area contributed by atoms with Gasteiger partial charge in [0.1, 0.15) is 0 Å². The van der Waals surface area contributed by atoms with Gasteiger partial charge >= 0.3 is 0 Å². The molecule has 25 heavy (non-hydrogen) atoms. The fraction of sp³-hybridized carbons (Fsp3) is 0.143. The number of H-pyrrole nitrogens is 1. The minimum Gasteiger partial charge on any atom is -0.312 e. The molecule has 4 heteroatoms. The van der Waals surface area contributed by atoms with Crippen molar-refractivity contribution in [3.05, 3.63) is 83.0 Å². The topological polar surface area (TPSA) is 50.7 Å². The predicted octanol–water partition coefficient (Wildman–Crippen LogP) is 4.33. The Morgan fingerprint density at radius 1 is 1.08 bits per heavy atom. The molecule has 2 aromatic carbocycles. The first-order chi connectivity index (χ1) is 12.3. The van der Waals surface area contributed by atoms with Crippen LogP contribution in [0.5, 0.6) is 0 Å². The van der Waals surface area contributed by atoms with E-state index in [4.69, 9.17) is 0 Å². The number of rotatable bonds is 4. The summed E-state index contributed by atoms with van der Waals surface area (Å²) in [6, 6.07) is 18.4. The predicted molar refractivity (Wildman–Crippen MR) is 101 cm³/mol. The number of aromatic nitrogens is 3. The second-order valence-electron chi connectivity index (χ2n) is 6.13. The molecule has 0 aliphatic rings. The summed E-state index contributed by atoms with van der Waals surface area (Å²) in [6.07, 6.45) is 5.59. The molecule has 0 aliphatic heterocycles. The standard InChI is InChI=1S/C21H19N3O/c1-2-7-15-8-6-9-16(12-15)18-13-24(17-10-4-3-5-11-17)20-19(18)21(25)23-14-22-20/h3-6,8-14H,2,7H2,1H3,(H,22,23,25). The van der Waals surface area contributed by atoms with Crippen molar-refractivity contribution in [2.24, 2.45) is 0 Å². The Morgan fingerprint density at radius 2 is 1.92 bits per heavy atom.